The molecule has 1 aliphatic heterocycles. The van der Waals surface area contributed by atoms with Crippen LogP contribution in [-0.2, 0) is 17.6 Å². The van der Waals surface area contributed by atoms with Gasteiger partial charge in [0.25, 0.3) is 0 Å². The van der Waals surface area contributed by atoms with E-state index >= 15 is 0 Å². The fourth-order valence-electron chi connectivity index (χ4n) is 4.02. The Morgan fingerprint density at radius 3 is 2.64 bits per heavy atom. The summed E-state index contributed by atoms with van der Waals surface area (Å²) in [5, 5.41) is 7.22. The Bertz CT molecular complexity index is 1050. The van der Waals surface area contributed by atoms with Crippen molar-refractivity contribution < 1.29 is 9.32 Å². The minimum Gasteiger partial charge on any atom is -0.356 e. The molecule has 0 saturated carbocycles. The molecule has 4 rings (SSSR count). The summed E-state index contributed by atoms with van der Waals surface area (Å²) in [4.78, 5) is 27.8. The lowest BCUT2D eigenvalue weighted by Gasteiger charge is -2.33. The molecular formula is C25H32N6O2. The summed E-state index contributed by atoms with van der Waals surface area (Å²) in [5.74, 6) is 2.51. The summed E-state index contributed by atoms with van der Waals surface area (Å²) in [6, 6.07) is 10.4. The molecule has 0 unspecified atom stereocenters. The van der Waals surface area contributed by atoms with Gasteiger partial charge >= 0.3 is 0 Å². The van der Waals surface area contributed by atoms with Crippen LogP contribution in [0.4, 0.5) is 5.82 Å². The van der Waals surface area contributed by atoms with E-state index in [2.05, 4.69) is 69.3 Å². The first-order valence-corrected chi connectivity index (χ1v) is 11.8. The van der Waals surface area contributed by atoms with Crippen LogP contribution in [0.1, 0.15) is 63.1 Å². The molecule has 1 N–H and O–H groups in total. The Balaban J connectivity index is 1.22. The number of anilines is 1. The lowest BCUT2D eigenvalue weighted by atomic mass is 10.0. The van der Waals surface area contributed by atoms with Gasteiger partial charge in [0, 0.05) is 49.3 Å². The van der Waals surface area contributed by atoms with Crippen LogP contribution in [0.2, 0.25) is 0 Å². The van der Waals surface area contributed by atoms with Crippen LogP contribution in [0, 0.1) is 0 Å². The second-order valence-electron chi connectivity index (χ2n) is 8.84. The van der Waals surface area contributed by atoms with Crippen molar-refractivity contribution in [2.45, 2.75) is 64.8 Å². The number of nitrogens with zero attached hydrogens (tertiary/aromatic N) is 5. The zero-order valence-electron chi connectivity index (χ0n) is 19.6. The first-order valence-electron chi connectivity index (χ1n) is 11.8. The molecule has 3 heterocycles. The number of rotatable bonds is 8. The third-order valence-electron chi connectivity index (χ3n) is 6.13. The Kier molecular flexibility index (Phi) is 7.32. The standard InChI is InChI=1S/C25H32N6O2/c1-4-20-15-22(27-16-26-20)31-13-11-21(12-14-31)28-23(32)9-10-24-29-25(30-33-24)19-7-5-18(6-8-19)17(2)3/h5-8,15-17,21H,4,9-14H2,1-3H3,(H,28,32). The molecule has 2 aromatic heterocycles. The molecule has 0 atom stereocenters. The Morgan fingerprint density at radius 1 is 1.18 bits per heavy atom. The van der Waals surface area contributed by atoms with Gasteiger partial charge in [0.2, 0.25) is 17.6 Å². The van der Waals surface area contributed by atoms with E-state index in [-0.39, 0.29) is 11.9 Å². The van der Waals surface area contributed by atoms with Crippen molar-refractivity contribution in [1.29, 1.82) is 0 Å². The summed E-state index contributed by atoms with van der Waals surface area (Å²) in [6.45, 7) is 8.15. The number of aromatic nitrogens is 4. The number of nitrogens with one attached hydrogen (secondary N) is 1. The molecule has 0 aliphatic carbocycles. The third kappa shape index (κ3) is 5.94. The number of carbonyl (C=O) groups is 1. The van der Waals surface area contributed by atoms with Gasteiger partial charge < -0.3 is 14.7 Å². The summed E-state index contributed by atoms with van der Waals surface area (Å²) in [7, 11) is 0. The van der Waals surface area contributed by atoms with Gasteiger partial charge in [0.1, 0.15) is 12.1 Å². The van der Waals surface area contributed by atoms with Gasteiger partial charge in [0.15, 0.2) is 0 Å². The largest absolute Gasteiger partial charge is 0.356 e. The molecule has 1 fully saturated rings. The van der Waals surface area contributed by atoms with Crippen molar-refractivity contribution in [2.24, 2.45) is 0 Å². The van der Waals surface area contributed by atoms with E-state index in [1.54, 1.807) is 6.33 Å². The van der Waals surface area contributed by atoms with Crippen LogP contribution in [0.3, 0.4) is 0 Å². The number of hydrogen-bond donors (Lipinski definition) is 1. The monoisotopic (exact) mass is 448 g/mol. The predicted octanol–water partition coefficient (Wildman–Crippen LogP) is 3.93. The molecule has 0 bridgehead atoms. The van der Waals surface area contributed by atoms with Gasteiger partial charge in [-0.1, -0.05) is 50.2 Å². The fourth-order valence-corrected chi connectivity index (χ4v) is 4.02. The summed E-state index contributed by atoms with van der Waals surface area (Å²) < 4.78 is 5.36. The van der Waals surface area contributed by atoms with E-state index in [0.717, 1.165) is 49.4 Å². The molecule has 0 radical (unpaired) electrons. The van der Waals surface area contributed by atoms with Crippen LogP contribution in [0.15, 0.2) is 41.2 Å². The average Bonchev–Trinajstić information content (AvgIpc) is 3.32. The van der Waals surface area contributed by atoms with Crippen LogP contribution in [0.5, 0.6) is 0 Å². The Labute approximate surface area is 194 Å². The zero-order chi connectivity index (χ0) is 23.2. The van der Waals surface area contributed by atoms with E-state index in [9.17, 15) is 4.79 Å². The Morgan fingerprint density at radius 2 is 1.94 bits per heavy atom. The molecule has 33 heavy (non-hydrogen) atoms. The van der Waals surface area contributed by atoms with Crippen molar-refractivity contribution in [3.63, 3.8) is 0 Å². The molecule has 174 valence electrons. The smallest absolute Gasteiger partial charge is 0.227 e. The molecule has 1 aliphatic rings. The molecule has 8 nitrogen and oxygen atoms in total. The number of carbonyl (C=O) groups excluding carboxylic acids is 1. The normalized spacial score (nSPS) is 14.6. The van der Waals surface area contributed by atoms with Gasteiger partial charge in [-0.05, 0) is 30.7 Å². The average molecular weight is 449 g/mol. The number of hydrogen-bond acceptors (Lipinski definition) is 7. The SMILES string of the molecule is CCc1cc(N2CCC(NC(=O)CCc3nc(-c4ccc(C(C)C)cc4)no3)CC2)ncn1. The van der Waals surface area contributed by atoms with Crippen molar-refractivity contribution >= 4 is 11.7 Å². The summed E-state index contributed by atoms with van der Waals surface area (Å²) in [6.07, 6.45) is 5.09. The van der Waals surface area contributed by atoms with Gasteiger partial charge in [-0.25, -0.2) is 9.97 Å². The van der Waals surface area contributed by atoms with Gasteiger partial charge in [-0.2, -0.15) is 4.98 Å². The predicted molar refractivity (Wildman–Crippen MR) is 127 cm³/mol. The highest BCUT2D eigenvalue weighted by Crippen LogP contribution is 2.21. The molecular weight excluding hydrogens is 416 g/mol. The number of aryl methyl sites for hydroxylation is 2. The molecule has 8 heteroatoms. The first-order chi connectivity index (χ1) is 16.0. The zero-order valence-corrected chi connectivity index (χ0v) is 19.6. The number of piperidine rings is 1. The number of benzene rings is 1. The van der Waals surface area contributed by atoms with E-state index in [1.807, 2.05) is 12.1 Å². The summed E-state index contributed by atoms with van der Waals surface area (Å²) >= 11 is 0. The van der Waals surface area contributed by atoms with E-state index < -0.39 is 0 Å². The molecule has 1 saturated heterocycles. The van der Waals surface area contributed by atoms with Gasteiger partial charge in [0.05, 0.1) is 0 Å². The molecule has 1 amide bonds. The van der Waals surface area contributed by atoms with E-state index in [0.29, 0.717) is 30.5 Å². The quantitative estimate of drug-likeness (QED) is 0.558. The lowest BCUT2D eigenvalue weighted by molar-refractivity contribution is -0.122. The van der Waals surface area contributed by atoms with E-state index in [1.165, 1.54) is 5.56 Å². The lowest BCUT2D eigenvalue weighted by Crippen LogP contribution is -2.45. The van der Waals surface area contributed by atoms with Crippen LogP contribution in [-0.4, -0.2) is 45.1 Å². The fraction of sp³-hybridized carbons (Fsp3) is 0.480. The van der Waals surface area contributed by atoms with Crippen molar-refractivity contribution in [3.05, 3.63) is 53.8 Å². The second-order valence-corrected chi connectivity index (χ2v) is 8.84. The molecule has 1 aromatic carbocycles. The topological polar surface area (TPSA) is 97.0 Å². The van der Waals surface area contributed by atoms with Crippen LogP contribution >= 0.6 is 0 Å². The Hall–Kier alpha value is -3.29. The van der Waals surface area contributed by atoms with Crippen LogP contribution in [0.25, 0.3) is 11.4 Å². The van der Waals surface area contributed by atoms with Crippen LogP contribution < -0.4 is 10.2 Å². The number of amides is 1. The highest BCUT2D eigenvalue weighted by Gasteiger charge is 2.22. The molecule has 3 aromatic rings. The van der Waals surface area contributed by atoms with Crippen molar-refractivity contribution in [3.8, 4) is 11.4 Å². The highest BCUT2D eigenvalue weighted by atomic mass is 16.5. The highest BCUT2D eigenvalue weighted by molar-refractivity contribution is 5.76. The van der Waals surface area contributed by atoms with Crippen molar-refractivity contribution in [1.82, 2.24) is 25.4 Å². The minimum absolute atomic E-state index is 0.0183. The third-order valence-corrected chi connectivity index (χ3v) is 6.13. The maximum atomic E-state index is 12.5. The van der Waals surface area contributed by atoms with Crippen molar-refractivity contribution in [2.75, 3.05) is 18.0 Å². The maximum Gasteiger partial charge on any atom is 0.227 e. The van der Waals surface area contributed by atoms with E-state index in [4.69, 9.17) is 4.52 Å². The first kappa shape index (κ1) is 22.9. The summed E-state index contributed by atoms with van der Waals surface area (Å²) in [5.41, 5.74) is 3.24. The molecule has 0 spiro atoms. The van der Waals surface area contributed by atoms with Gasteiger partial charge in [-0.15, -0.1) is 0 Å². The maximum absolute atomic E-state index is 12.5. The minimum atomic E-state index is 0.0183. The second kappa shape index (κ2) is 10.6. The van der Waals surface area contributed by atoms with Gasteiger partial charge in [-0.3, -0.25) is 4.79 Å².